The lowest BCUT2D eigenvalue weighted by Gasteiger charge is -2.22. The first-order valence-corrected chi connectivity index (χ1v) is 5.76. The third-order valence-electron chi connectivity index (χ3n) is 3.71. The average Bonchev–Trinajstić information content (AvgIpc) is 2.30. The van der Waals surface area contributed by atoms with Crippen LogP contribution in [0.1, 0.15) is 55.6 Å². The lowest BCUT2D eigenvalue weighted by Crippen LogP contribution is -2.18. The molecule has 1 aliphatic carbocycles. The van der Waals surface area contributed by atoms with E-state index in [2.05, 4.69) is 27.7 Å². The van der Waals surface area contributed by atoms with Crippen LogP contribution in [0.2, 0.25) is 0 Å². The van der Waals surface area contributed by atoms with Gasteiger partial charge in [0, 0.05) is 0 Å². The molecule has 0 amide bonds. The highest BCUT2D eigenvalue weighted by Crippen LogP contribution is 2.50. The van der Waals surface area contributed by atoms with Crippen molar-refractivity contribution in [2.24, 2.45) is 0 Å². The van der Waals surface area contributed by atoms with E-state index in [0.717, 1.165) is 17.5 Å². The molecule has 3 nitrogen and oxygen atoms in total. The Hall–Kier alpha value is -1.51. The Balaban J connectivity index is 2.72. The van der Waals surface area contributed by atoms with Gasteiger partial charge in [-0.15, -0.1) is 0 Å². The lowest BCUT2D eigenvalue weighted by molar-refractivity contribution is 0.0693. The Morgan fingerprint density at radius 2 is 1.59 bits per heavy atom. The first-order valence-electron chi connectivity index (χ1n) is 5.76. The van der Waals surface area contributed by atoms with E-state index in [4.69, 9.17) is 5.11 Å². The van der Waals surface area contributed by atoms with Gasteiger partial charge >= 0.3 is 5.97 Å². The standard InChI is InChI=1S/C14H18O3/c1-13(2)7-14(3,4)10-6-11(15)8(12(16)17)5-9(10)13/h5-6,15H,7H2,1-4H3,(H,16,17). The number of aromatic carboxylic acids is 1. The van der Waals surface area contributed by atoms with Crippen LogP contribution < -0.4 is 0 Å². The van der Waals surface area contributed by atoms with Gasteiger partial charge in [0.25, 0.3) is 0 Å². The third kappa shape index (κ3) is 1.70. The largest absolute Gasteiger partial charge is 0.507 e. The zero-order valence-corrected chi connectivity index (χ0v) is 10.7. The number of fused-ring (bicyclic) bond motifs is 1. The molecule has 0 heterocycles. The number of benzene rings is 1. The van der Waals surface area contributed by atoms with E-state index in [-0.39, 0.29) is 22.1 Å². The molecule has 0 fully saturated rings. The second-order valence-corrected chi connectivity index (χ2v) is 6.16. The number of aromatic hydroxyl groups is 1. The van der Waals surface area contributed by atoms with Gasteiger partial charge in [0.1, 0.15) is 11.3 Å². The summed E-state index contributed by atoms with van der Waals surface area (Å²) in [5.41, 5.74) is 2.03. The maximum absolute atomic E-state index is 11.0. The maximum atomic E-state index is 11.0. The summed E-state index contributed by atoms with van der Waals surface area (Å²) in [4.78, 5) is 11.0. The topological polar surface area (TPSA) is 57.5 Å². The van der Waals surface area contributed by atoms with Gasteiger partial charge in [-0.05, 0) is 40.5 Å². The molecule has 1 aliphatic rings. The molecule has 2 rings (SSSR count). The molecule has 17 heavy (non-hydrogen) atoms. The van der Waals surface area contributed by atoms with Gasteiger partial charge in [-0.1, -0.05) is 27.7 Å². The molecule has 92 valence electrons. The fourth-order valence-electron chi connectivity index (χ4n) is 3.17. The molecular weight excluding hydrogens is 216 g/mol. The molecule has 1 aromatic rings. The average molecular weight is 234 g/mol. The smallest absolute Gasteiger partial charge is 0.339 e. The van der Waals surface area contributed by atoms with E-state index in [1.807, 2.05) is 0 Å². The Morgan fingerprint density at radius 3 is 2.06 bits per heavy atom. The molecule has 0 bridgehead atoms. The summed E-state index contributed by atoms with van der Waals surface area (Å²) >= 11 is 0. The minimum absolute atomic E-state index is 0.00507. The Labute approximate surface area is 101 Å². The molecule has 0 unspecified atom stereocenters. The Morgan fingerprint density at radius 1 is 1.12 bits per heavy atom. The molecule has 0 aromatic heterocycles. The number of hydrogen-bond donors (Lipinski definition) is 2. The number of hydrogen-bond acceptors (Lipinski definition) is 2. The second kappa shape index (κ2) is 3.25. The predicted molar refractivity (Wildman–Crippen MR) is 65.7 cm³/mol. The predicted octanol–water partition coefficient (Wildman–Crippen LogP) is 3.05. The van der Waals surface area contributed by atoms with Crippen LogP contribution in [-0.4, -0.2) is 16.2 Å². The van der Waals surface area contributed by atoms with Crippen LogP contribution in [0.4, 0.5) is 0 Å². The van der Waals surface area contributed by atoms with Crippen LogP contribution in [0, 0.1) is 0 Å². The fraction of sp³-hybridized carbons (Fsp3) is 0.500. The SMILES string of the molecule is CC1(C)CC(C)(C)c2cc(C(=O)O)c(O)cc21. The molecule has 2 N–H and O–H groups in total. The van der Waals surface area contributed by atoms with E-state index >= 15 is 0 Å². The van der Waals surface area contributed by atoms with Crippen molar-refractivity contribution in [3.05, 3.63) is 28.8 Å². The minimum atomic E-state index is -1.08. The summed E-state index contributed by atoms with van der Waals surface area (Å²) in [5, 5.41) is 18.8. The van der Waals surface area contributed by atoms with Crippen LogP contribution in [0.3, 0.4) is 0 Å². The molecule has 0 atom stereocenters. The Bertz CT molecular complexity index is 498. The molecule has 0 spiro atoms. The first-order chi connectivity index (χ1) is 7.65. The molecule has 1 aromatic carbocycles. The van der Waals surface area contributed by atoms with Crippen molar-refractivity contribution in [2.75, 3.05) is 0 Å². The summed E-state index contributed by atoms with van der Waals surface area (Å²) in [6.45, 7) is 8.48. The van der Waals surface area contributed by atoms with E-state index in [1.54, 1.807) is 12.1 Å². The number of carboxylic acids is 1. The first kappa shape index (κ1) is 12.0. The summed E-state index contributed by atoms with van der Waals surface area (Å²) < 4.78 is 0. The van der Waals surface area contributed by atoms with Gasteiger partial charge in [0.05, 0.1) is 0 Å². The van der Waals surface area contributed by atoms with Crippen LogP contribution in [0.5, 0.6) is 5.75 Å². The van der Waals surface area contributed by atoms with E-state index in [0.29, 0.717) is 0 Å². The van der Waals surface area contributed by atoms with Crippen molar-refractivity contribution in [1.29, 1.82) is 0 Å². The molecular formula is C14H18O3. The lowest BCUT2D eigenvalue weighted by atomic mass is 9.82. The quantitative estimate of drug-likeness (QED) is 0.785. The molecule has 0 saturated heterocycles. The summed E-state index contributed by atoms with van der Waals surface area (Å²) in [6, 6.07) is 3.25. The summed E-state index contributed by atoms with van der Waals surface area (Å²) in [6.07, 6.45) is 0.956. The highest BCUT2D eigenvalue weighted by molar-refractivity contribution is 5.91. The normalized spacial score (nSPS) is 20.0. The zero-order chi connectivity index (χ0) is 13.0. The van der Waals surface area contributed by atoms with Crippen molar-refractivity contribution in [1.82, 2.24) is 0 Å². The van der Waals surface area contributed by atoms with Gasteiger partial charge in [0.15, 0.2) is 0 Å². The highest BCUT2D eigenvalue weighted by atomic mass is 16.4. The van der Waals surface area contributed by atoms with Gasteiger partial charge in [-0.25, -0.2) is 4.79 Å². The number of rotatable bonds is 1. The van der Waals surface area contributed by atoms with Crippen molar-refractivity contribution >= 4 is 5.97 Å². The van der Waals surface area contributed by atoms with E-state index in [9.17, 15) is 9.90 Å². The van der Waals surface area contributed by atoms with Crippen molar-refractivity contribution < 1.29 is 15.0 Å². The molecule has 0 saturated carbocycles. The van der Waals surface area contributed by atoms with Crippen LogP contribution in [-0.2, 0) is 10.8 Å². The number of carbonyl (C=O) groups is 1. The zero-order valence-electron chi connectivity index (χ0n) is 10.7. The fourth-order valence-corrected chi connectivity index (χ4v) is 3.17. The maximum Gasteiger partial charge on any atom is 0.339 e. The van der Waals surface area contributed by atoms with Gasteiger partial charge in [-0.2, -0.15) is 0 Å². The van der Waals surface area contributed by atoms with Gasteiger partial charge < -0.3 is 10.2 Å². The second-order valence-electron chi connectivity index (χ2n) is 6.16. The number of phenols is 1. The van der Waals surface area contributed by atoms with Crippen molar-refractivity contribution in [3.8, 4) is 5.75 Å². The monoisotopic (exact) mass is 234 g/mol. The molecule has 3 heteroatoms. The van der Waals surface area contributed by atoms with Crippen LogP contribution in [0.25, 0.3) is 0 Å². The van der Waals surface area contributed by atoms with E-state index < -0.39 is 5.97 Å². The highest BCUT2D eigenvalue weighted by Gasteiger charge is 2.42. The number of carboxylic acid groups (broad SMARTS) is 1. The minimum Gasteiger partial charge on any atom is -0.507 e. The molecule has 0 radical (unpaired) electrons. The van der Waals surface area contributed by atoms with Gasteiger partial charge in [0.2, 0.25) is 0 Å². The van der Waals surface area contributed by atoms with Crippen molar-refractivity contribution in [2.45, 2.75) is 44.9 Å². The van der Waals surface area contributed by atoms with Gasteiger partial charge in [-0.3, -0.25) is 0 Å². The third-order valence-corrected chi connectivity index (χ3v) is 3.71. The van der Waals surface area contributed by atoms with Crippen LogP contribution in [0.15, 0.2) is 12.1 Å². The summed E-state index contributed by atoms with van der Waals surface area (Å²) in [7, 11) is 0. The van der Waals surface area contributed by atoms with Crippen molar-refractivity contribution in [3.63, 3.8) is 0 Å². The molecule has 0 aliphatic heterocycles. The van der Waals surface area contributed by atoms with E-state index in [1.165, 1.54) is 0 Å². The van der Waals surface area contributed by atoms with Crippen LogP contribution >= 0.6 is 0 Å². The Kier molecular flexibility index (Phi) is 2.29. The summed E-state index contributed by atoms with van der Waals surface area (Å²) in [5.74, 6) is -1.21.